The molecule has 3 saturated carbocycles. The number of alkyl halides is 2. The molecule has 4 rings (SSSR count). The van der Waals surface area contributed by atoms with E-state index in [1.165, 1.54) is 0 Å². The van der Waals surface area contributed by atoms with Crippen LogP contribution in [0.25, 0.3) is 0 Å². The van der Waals surface area contributed by atoms with Crippen molar-refractivity contribution in [3.05, 3.63) is 23.8 Å². The van der Waals surface area contributed by atoms with Crippen LogP contribution in [0.15, 0.2) is 23.8 Å². The number of hydrogen-bond acceptors (Lipinski definition) is 5. The summed E-state index contributed by atoms with van der Waals surface area (Å²) in [6, 6.07) is 0. The molecule has 1 N–H and O–H groups in total. The lowest BCUT2D eigenvalue weighted by molar-refractivity contribution is -0.200. The number of Topliss-reactive ketones (excluding diaryl/α,β-unsaturated/α-hetero) is 1. The van der Waals surface area contributed by atoms with E-state index in [9.17, 15) is 19.5 Å². The second-order valence-electron chi connectivity index (χ2n) is 11.0. The molecule has 182 valence electrons. The maximum absolute atomic E-state index is 13.4. The first-order chi connectivity index (χ1) is 15.3. The van der Waals surface area contributed by atoms with Gasteiger partial charge in [0.2, 0.25) is 0 Å². The number of ether oxygens (including phenoxy) is 1. The number of allylic oxidation sites excluding steroid dienone is 4. The maximum Gasteiger partial charge on any atom is 0.306 e. The number of fused-ring (bicyclic) bond motifs is 5. The molecule has 0 amide bonds. The Morgan fingerprint density at radius 2 is 1.91 bits per heavy atom. The van der Waals surface area contributed by atoms with Crippen molar-refractivity contribution in [1.82, 2.24) is 0 Å². The van der Waals surface area contributed by atoms with Gasteiger partial charge in [-0.15, -0.1) is 11.6 Å². The summed E-state index contributed by atoms with van der Waals surface area (Å²) in [4.78, 5) is 38.2. The van der Waals surface area contributed by atoms with E-state index in [4.69, 9.17) is 16.3 Å². The van der Waals surface area contributed by atoms with Gasteiger partial charge in [0.05, 0.1) is 16.3 Å². The minimum Gasteiger partial charge on any atom is -0.450 e. The molecule has 0 spiro atoms. The largest absolute Gasteiger partial charge is 0.450 e. The average Bonchev–Trinajstić information content (AvgIpc) is 2.98. The average molecular weight is 542 g/mol. The van der Waals surface area contributed by atoms with Crippen LogP contribution in [0.2, 0.25) is 0 Å². The molecular formula is C26H34BrClO5. The molecule has 4 aliphatic rings. The maximum atomic E-state index is 13.4. The second-order valence-corrected chi connectivity index (χ2v) is 12.6. The quantitative estimate of drug-likeness (QED) is 0.409. The molecule has 0 aromatic carbocycles. The monoisotopic (exact) mass is 540 g/mol. The number of carbonyl (C=O) groups excluding carboxylic acids is 3. The van der Waals surface area contributed by atoms with Crippen molar-refractivity contribution in [2.45, 2.75) is 76.3 Å². The Morgan fingerprint density at radius 1 is 1.24 bits per heavy atom. The summed E-state index contributed by atoms with van der Waals surface area (Å²) in [5.74, 6) is -1.01. The molecule has 9 atom stereocenters. The number of hydrogen-bond donors (Lipinski definition) is 1. The van der Waals surface area contributed by atoms with Crippen LogP contribution in [0.4, 0.5) is 0 Å². The fourth-order valence-electron chi connectivity index (χ4n) is 8.14. The van der Waals surface area contributed by atoms with Crippen molar-refractivity contribution in [2.24, 2.45) is 34.5 Å². The van der Waals surface area contributed by atoms with Crippen LogP contribution in [0.1, 0.15) is 60.3 Å². The van der Waals surface area contributed by atoms with Crippen molar-refractivity contribution >= 4 is 45.1 Å². The fraction of sp³-hybridized carbons (Fsp3) is 0.731. The standard InChI is InChI=1S/C26H34BrClO5/c1-6-22(32)33-26(21(31)13-28)15(3)10-18-19-9-14(2)17-11-16(29)7-8-23(17,4)25(19,27)20(30)12-24(18,26)5/h7-8,11,14-15,18-20,30H,6,9-10,12-13H2,1-5H3/t14-,15-,18-,19-,20-,23-,24-,25-,26-/m0/s1. The van der Waals surface area contributed by atoms with E-state index in [1.807, 2.05) is 19.9 Å². The third-order valence-corrected chi connectivity index (χ3v) is 11.8. The molecule has 4 aliphatic carbocycles. The zero-order valence-electron chi connectivity index (χ0n) is 20.0. The van der Waals surface area contributed by atoms with Crippen LogP contribution in [-0.4, -0.2) is 44.6 Å². The lowest BCUT2D eigenvalue weighted by Crippen LogP contribution is -2.70. The van der Waals surface area contributed by atoms with E-state index in [-0.39, 0.29) is 47.5 Å². The molecule has 0 unspecified atom stereocenters. The van der Waals surface area contributed by atoms with Gasteiger partial charge in [-0.3, -0.25) is 14.4 Å². The van der Waals surface area contributed by atoms with Crippen LogP contribution in [0, 0.1) is 34.5 Å². The summed E-state index contributed by atoms with van der Waals surface area (Å²) in [6.45, 7) is 9.92. The zero-order valence-corrected chi connectivity index (χ0v) is 22.3. The summed E-state index contributed by atoms with van der Waals surface area (Å²) in [5.41, 5.74) is -1.62. The Balaban J connectivity index is 1.88. The highest BCUT2D eigenvalue weighted by Crippen LogP contribution is 2.73. The molecule has 0 bridgehead atoms. The second kappa shape index (κ2) is 8.03. The van der Waals surface area contributed by atoms with Gasteiger partial charge in [0.25, 0.3) is 0 Å². The Labute approximate surface area is 209 Å². The SMILES string of the molecule is CCC(=O)O[C@]1(C(=O)CCl)[C@@H](C)C[C@H]2[C@@H]3C[C@H](C)C4=CC(=O)C=C[C@]4(C)[C@@]3(Br)[C@@H](O)C[C@@]21C. The summed E-state index contributed by atoms with van der Waals surface area (Å²) in [6.07, 6.45) is 6.38. The van der Waals surface area contributed by atoms with Gasteiger partial charge in [-0.05, 0) is 49.2 Å². The number of esters is 1. The molecule has 0 aromatic rings. The van der Waals surface area contributed by atoms with Crippen molar-refractivity contribution in [2.75, 3.05) is 5.88 Å². The summed E-state index contributed by atoms with van der Waals surface area (Å²) >= 11 is 10.1. The van der Waals surface area contributed by atoms with Crippen LogP contribution in [-0.2, 0) is 19.1 Å². The first-order valence-corrected chi connectivity index (χ1v) is 13.3. The number of ketones is 2. The van der Waals surface area contributed by atoms with Gasteiger partial charge in [-0.2, -0.15) is 0 Å². The zero-order chi connectivity index (χ0) is 24.6. The minimum atomic E-state index is -1.36. The Hall–Kier alpha value is -0.980. The molecule has 5 nitrogen and oxygen atoms in total. The van der Waals surface area contributed by atoms with Gasteiger partial charge in [-0.25, -0.2) is 0 Å². The topological polar surface area (TPSA) is 80.7 Å². The number of aliphatic hydroxyl groups is 1. The van der Waals surface area contributed by atoms with E-state index in [0.29, 0.717) is 12.8 Å². The molecule has 0 aromatic heterocycles. The Kier molecular flexibility index (Phi) is 6.11. The van der Waals surface area contributed by atoms with E-state index in [1.54, 1.807) is 19.1 Å². The molecular weight excluding hydrogens is 508 g/mol. The highest BCUT2D eigenvalue weighted by molar-refractivity contribution is 9.10. The number of rotatable bonds is 4. The first kappa shape index (κ1) is 25.1. The smallest absolute Gasteiger partial charge is 0.306 e. The normalized spacial score (nSPS) is 48.4. The third kappa shape index (κ3) is 3.02. The van der Waals surface area contributed by atoms with Gasteiger partial charge >= 0.3 is 5.97 Å². The highest BCUT2D eigenvalue weighted by Gasteiger charge is 2.76. The van der Waals surface area contributed by atoms with E-state index >= 15 is 0 Å². The number of halogens is 2. The van der Waals surface area contributed by atoms with Crippen molar-refractivity contribution in [3.63, 3.8) is 0 Å². The summed E-state index contributed by atoms with van der Waals surface area (Å²) < 4.78 is 5.35. The minimum absolute atomic E-state index is 0.00836. The summed E-state index contributed by atoms with van der Waals surface area (Å²) in [7, 11) is 0. The molecule has 0 aliphatic heterocycles. The van der Waals surface area contributed by atoms with Crippen LogP contribution < -0.4 is 0 Å². The van der Waals surface area contributed by atoms with E-state index in [2.05, 4.69) is 29.8 Å². The predicted octanol–water partition coefficient (Wildman–Crippen LogP) is 4.77. The Morgan fingerprint density at radius 3 is 2.52 bits per heavy atom. The van der Waals surface area contributed by atoms with Gasteiger partial charge < -0.3 is 9.84 Å². The van der Waals surface area contributed by atoms with E-state index in [0.717, 1.165) is 12.0 Å². The van der Waals surface area contributed by atoms with E-state index < -0.39 is 32.8 Å². The third-order valence-electron chi connectivity index (χ3n) is 9.61. The number of carbonyl (C=O) groups is 3. The van der Waals surface area contributed by atoms with Crippen molar-refractivity contribution in [3.8, 4) is 0 Å². The lowest BCUT2D eigenvalue weighted by Gasteiger charge is -2.65. The lowest BCUT2D eigenvalue weighted by atomic mass is 9.44. The molecule has 3 fully saturated rings. The molecule has 0 saturated heterocycles. The van der Waals surface area contributed by atoms with Crippen molar-refractivity contribution in [1.29, 1.82) is 0 Å². The van der Waals surface area contributed by atoms with Gasteiger partial charge in [0.15, 0.2) is 17.2 Å². The van der Waals surface area contributed by atoms with Crippen LogP contribution in [0.3, 0.4) is 0 Å². The molecule has 33 heavy (non-hydrogen) atoms. The molecule has 0 heterocycles. The van der Waals surface area contributed by atoms with Crippen LogP contribution in [0.5, 0.6) is 0 Å². The van der Waals surface area contributed by atoms with Gasteiger partial charge in [0.1, 0.15) is 0 Å². The molecule has 7 heteroatoms. The van der Waals surface area contributed by atoms with Crippen LogP contribution >= 0.6 is 27.5 Å². The molecule has 0 radical (unpaired) electrons. The van der Waals surface area contributed by atoms with Gasteiger partial charge in [0, 0.05) is 23.2 Å². The van der Waals surface area contributed by atoms with Gasteiger partial charge in [-0.1, -0.05) is 62.2 Å². The summed E-state index contributed by atoms with van der Waals surface area (Å²) in [5, 5.41) is 11.8. The van der Waals surface area contributed by atoms with Crippen molar-refractivity contribution < 1.29 is 24.2 Å². The first-order valence-electron chi connectivity index (χ1n) is 12.0. The highest BCUT2D eigenvalue weighted by atomic mass is 79.9. The Bertz CT molecular complexity index is 960. The number of aliphatic hydroxyl groups excluding tert-OH is 1. The fourth-order valence-corrected chi connectivity index (χ4v) is 9.37. The predicted molar refractivity (Wildman–Crippen MR) is 130 cm³/mol.